The van der Waals surface area contributed by atoms with Crippen LogP contribution in [0, 0.1) is 24.0 Å². The predicted octanol–water partition coefficient (Wildman–Crippen LogP) is 3.81. The molecule has 0 amide bonds. The molecule has 0 spiro atoms. The Kier molecular flexibility index (Phi) is 5.09. The summed E-state index contributed by atoms with van der Waals surface area (Å²) in [6.45, 7) is 4.32. The van der Waals surface area contributed by atoms with Crippen molar-refractivity contribution in [3.63, 3.8) is 0 Å². The topological polar surface area (TPSA) is 107 Å². The number of hydrogen-bond acceptors (Lipinski definition) is 8. The van der Waals surface area contributed by atoms with Crippen molar-refractivity contribution in [2.45, 2.75) is 32.0 Å². The van der Waals surface area contributed by atoms with Gasteiger partial charge in [0, 0.05) is 33.9 Å². The zero-order valence-corrected chi connectivity index (χ0v) is 16.9. The second kappa shape index (κ2) is 7.53. The fraction of sp³-hybridized carbons (Fsp3) is 0.333. The Balaban J connectivity index is 1.56. The number of thiophene rings is 1. The van der Waals surface area contributed by atoms with Crippen molar-refractivity contribution in [1.29, 1.82) is 0 Å². The number of nitro benzene ring substituents is 1. The average molecular weight is 419 g/mol. The molecule has 2 aromatic heterocycles. The molecular formula is C18H17N3O5S2. The van der Waals surface area contributed by atoms with Gasteiger partial charge in [0.05, 0.1) is 22.7 Å². The minimum Gasteiger partial charge on any atom is -0.467 e. The number of fused-ring (bicyclic) bond motifs is 2. The summed E-state index contributed by atoms with van der Waals surface area (Å²) in [4.78, 5) is 32.4. The number of aromatic amines is 1. The van der Waals surface area contributed by atoms with Gasteiger partial charge in [0.25, 0.3) is 11.2 Å². The third-order valence-electron chi connectivity index (χ3n) is 4.57. The van der Waals surface area contributed by atoms with Gasteiger partial charge in [-0.15, -0.1) is 23.1 Å². The Hall–Kier alpha value is -2.43. The van der Waals surface area contributed by atoms with Crippen molar-refractivity contribution >= 4 is 39.0 Å². The number of aromatic nitrogens is 2. The molecule has 0 saturated carbocycles. The van der Waals surface area contributed by atoms with E-state index in [0.29, 0.717) is 34.0 Å². The lowest BCUT2D eigenvalue weighted by Gasteiger charge is -2.20. The van der Waals surface area contributed by atoms with E-state index < -0.39 is 4.92 Å². The van der Waals surface area contributed by atoms with Gasteiger partial charge in [-0.2, -0.15) is 0 Å². The van der Waals surface area contributed by atoms with Crippen molar-refractivity contribution in [3.8, 4) is 5.75 Å². The Labute approximate surface area is 168 Å². The number of nitrogens with one attached hydrogen (secondary N) is 1. The van der Waals surface area contributed by atoms with E-state index >= 15 is 0 Å². The van der Waals surface area contributed by atoms with Crippen LogP contribution in [0.5, 0.6) is 5.75 Å². The first-order valence-electron chi connectivity index (χ1n) is 8.51. The van der Waals surface area contributed by atoms with Crippen LogP contribution in [0.25, 0.3) is 10.2 Å². The van der Waals surface area contributed by atoms with Gasteiger partial charge in [0.1, 0.15) is 16.4 Å². The zero-order valence-electron chi connectivity index (χ0n) is 15.2. The number of benzene rings is 1. The van der Waals surface area contributed by atoms with Crippen LogP contribution < -0.4 is 10.3 Å². The van der Waals surface area contributed by atoms with E-state index in [9.17, 15) is 14.9 Å². The van der Waals surface area contributed by atoms with Crippen LogP contribution in [0.3, 0.4) is 0 Å². The molecule has 3 aromatic rings. The standard InChI is InChI=1S/C18H17N3O5S2/c1-9-10(2)28-18-15(9)17(22)19-14(20-18)7-27-6-12-4-13(21(23)24)3-11-5-25-8-26-16(11)12/h3-4H,5-8H2,1-2H3,(H,19,20,22). The van der Waals surface area contributed by atoms with Gasteiger partial charge >= 0.3 is 0 Å². The molecule has 0 atom stereocenters. The van der Waals surface area contributed by atoms with E-state index in [4.69, 9.17) is 9.47 Å². The Morgan fingerprint density at radius 2 is 2.18 bits per heavy atom. The highest BCUT2D eigenvalue weighted by Gasteiger charge is 2.21. The van der Waals surface area contributed by atoms with Crippen molar-refractivity contribution in [2.75, 3.05) is 6.79 Å². The number of nitrogens with zero attached hydrogens (tertiary/aromatic N) is 2. The quantitative estimate of drug-likeness (QED) is 0.495. The molecule has 3 heterocycles. The lowest BCUT2D eigenvalue weighted by molar-refractivity contribution is -0.385. The molecule has 0 radical (unpaired) electrons. The molecule has 0 unspecified atom stereocenters. The van der Waals surface area contributed by atoms with E-state index in [-0.39, 0.29) is 24.6 Å². The second-order valence-corrected chi connectivity index (χ2v) is 8.62. The minimum atomic E-state index is -0.419. The Morgan fingerprint density at radius 3 is 2.96 bits per heavy atom. The predicted molar refractivity (Wildman–Crippen MR) is 108 cm³/mol. The van der Waals surface area contributed by atoms with Gasteiger partial charge in [0.2, 0.25) is 0 Å². The van der Waals surface area contributed by atoms with E-state index in [2.05, 4.69) is 9.97 Å². The van der Waals surface area contributed by atoms with Crippen LogP contribution in [0.2, 0.25) is 0 Å². The van der Waals surface area contributed by atoms with E-state index in [0.717, 1.165) is 20.8 Å². The number of ether oxygens (including phenoxy) is 2. The molecule has 28 heavy (non-hydrogen) atoms. The molecule has 1 N–H and O–H groups in total. The van der Waals surface area contributed by atoms with Gasteiger partial charge < -0.3 is 14.5 Å². The molecule has 1 aliphatic rings. The van der Waals surface area contributed by atoms with Crippen LogP contribution >= 0.6 is 23.1 Å². The number of thioether (sulfide) groups is 1. The largest absolute Gasteiger partial charge is 0.467 e. The fourth-order valence-electron chi connectivity index (χ4n) is 3.12. The van der Waals surface area contributed by atoms with Crippen LogP contribution in [-0.4, -0.2) is 21.7 Å². The highest BCUT2D eigenvalue weighted by atomic mass is 32.2. The number of nitro groups is 1. The molecule has 1 aromatic carbocycles. The normalized spacial score (nSPS) is 13.4. The highest BCUT2D eigenvalue weighted by Crippen LogP contribution is 2.35. The van der Waals surface area contributed by atoms with Crippen molar-refractivity contribution in [2.24, 2.45) is 0 Å². The van der Waals surface area contributed by atoms with Crippen LogP contribution in [-0.2, 0) is 22.8 Å². The van der Waals surface area contributed by atoms with E-state index in [1.54, 1.807) is 0 Å². The van der Waals surface area contributed by atoms with Gasteiger partial charge in [-0.1, -0.05) is 0 Å². The molecular weight excluding hydrogens is 402 g/mol. The van der Waals surface area contributed by atoms with Gasteiger partial charge in [-0.3, -0.25) is 14.9 Å². The van der Waals surface area contributed by atoms with E-state index in [1.165, 1.54) is 35.2 Å². The maximum Gasteiger partial charge on any atom is 0.270 e. The summed E-state index contributed by atoms with van der Waals surface area (Å²) in [5, 5.41) is 11.8. The first-order valence-corrected chi connectivity index (χ1v) is 10.5. The fourth-order valence-corrected chi connectivity index (χ4v) is 5.03. The maximum absolute atomic E-state index is 12.4. The van der Waals surface area contributed by atoms with Crippen LogP contribution in [0.1, 0.15) is 27.4 Å². The monoisotopic (exact) mass is 419 g/mol. The zero-order chi connectivity index (χ0) is 19.8. The minimum absolute atomic E-state index is 0.0148. The number of rotatable bonds is 5. The SMILES string of the molecule is Cc1sc2nc(CSCc3cc([N+](=O)[O-])cc4c3OCOC4)[nH]c(=O)c2c1C. The molecule has 0 saturated heterocycles. The maximum atomic E-state index is 12.4. The number of H-pyrrole nitrogens is 1. The summed E-state index contributed by atoms with van der Waals surface area (Å²) >= 11 is 3.02. The van der Waals surface area contributed by atoms with Crippen molar-refractivity contribution < 1.29 is 14.4 Å². The van der Waals surface area contributed by atoms with Crippen LogP contribution in [0.15, 0.2) is 16.9 Å². The van der Waals surface area contributed by atoms with E-state index in [1.807, 2.05) is 13.8 Å². The molecule has 0 fully saturated rings. The summed E-state index contributed by atoms with van der Waals surface area (Å²) in [6, 6.07) is 3.01. The summed E-state index contributed by atoms with van der Waals surface area (Å²) < 4.78 is 10.8. The first-order chi connectivity index (χ1) is 13.4. The molecule has 0 aliphatic carbocycles. The van der Waals surface area contributed by atoms with Crippen molar-refractivity contribution in [3.05, 3.63) is 60.0 Å². The molecule has 146 valence electrons. The number of non-ortho nitro benzene ring substituents is 1. The molecule has 0 bridgehead atoms. The summed E-state index contributed by atoms with van der Waals surface area (Å²) in [7, 11) is 0. The Bertz CT molecular complexity index is 1140. The average Bonchev–Trinajstić information content (AvgIpc) is 2.95. The van der Waals surface area contributed by atoms with Crippen LogP contribution in [0.4, 0.5) is 5.69 Å². The lowest BCUT2D eigenvalue weighted by Crippen LogP contribution is -2.13. The number of hydrogen-bond donors (Lipinski definition) is 1. The summed E-state index contributed by atoms with van der Waals surface area (Å²) in [5.41, 5.74) is 2.27. The Morgan fingerprint density at radius 1 is 1.36 bits per heavy atom. The molecule has 4 rings (SSSR count). The van der Waals surface area contributed by atoms with Gasteiger partial charge in [-0.25, -0.2) is 4.98 Å². The molecule has 1 aliphatic heterocycles. The van der Waals surface area contributed by atoms with Gasteiger partial charge in [0.15, 0.2) is 6.79 Å². The lowest BCUT2D eigenvalue weighted by atomic mass is 10.1. The van der Waals surface area contributed by atoms with Gasteiger partial charge in [-0.05, 0) is 19.4 Å². The third kappa shape index (κ3) is 3.50. The summed E-state index contributed by atoms with van der Waals surface area (Å²) in [6.07, 6.45) is 0. The third-order valence-corrected chi connectivity index (χ3v) is 6.66. The van der Waals surface area contributed by atoms with Crippen molar-refractivity contribution in [1.82, 2.24) is 9.97 Å². The molecule has 8 nitrogen and oxygen atoms in total. The summed E-state index contributed by atoms with van der Waals surface area (Å²) in [5.74, 6) is 2.21. The first kappa shape index (κ1) is 18.9. The molecule has 10 heteroatoms. The second-order valence-electron chi connectivity index (χ2n) is 6.43. The smallest absolute Gasteiger partial charge is 0.270 e. The highest BCUT2D eigenvalue weighted by molar-refractivity contribution is 7.97. The number of aryl methyl sites for hydroxylation is 2.